The first-order chi connectivity index (χ1) is 12.8. The van der Waals surface area contributed by atoms with Crippen LogP contribution in [0.5, 0.6) is 5.75 Å². The minimum atomic E-state index is -0.825. The summed E-state index contributed by atoms with van der Waals surface area (Å²) in [4.78, 5) is 33.5. The number of ether oxygens (including phenoxy) is 1. The Hall–Kier alpha value is -3.24. The van der Waals surface area contributed by atoms with Crippen molar-refractivity contribution in [3.05, 3.63) is 66.5 Å². The lowest BCUT2D eigenvalue weighted by Gasteiger charge is -2.07. The van der Waals surface area contributed by atoms with E-state index in [1.807, 2.05) is 0 Å². The predicted octanol–water partition coefficient (Wildman–Crippen LogP) is 4.63. The van der Waals surface area contributed by atoms with Crippen molar-refractivity contribution in [3.63, 3.8) is 0 Å². The highest BCUT2D eigenvalue weighted by Crippen LogP contribution is 2.40. The van der Waals surface area contributed by atoms with Gasteiger partial charge < -0.3 is 10.1 Å². The Morgan fingerprint density at radius 3 is 2.26 bits per heavy atom. The van der Waals surface area contributed by atoms with Gasteiger partial charge in [-0.3, -0.25) is 25.0 Å². The molecule has 11 heteroatoms. The molecule has 0 aliphatic carbocycles. The molecule has 1 aromatic heterocycles. The molecule has 0 aliphatic rings. The van der Waals surface area contributed by atoms with Gasteiger partial charge in [0.15, 0.2) is 0 Å². The van der Waals surface area contributed by atoms with Crippen molar-refractivity contribution in [1.29, 1.82) is 0 Å². The third-order valence-corrected chi connectivity index (χ3v) is 5.32. The van der Waals surface area contributed by atoms with Crippen molar-refractivity contribution in [1.82, 2.24) is 0 Å². The first-order valence-corrected chi connectivity index (χ1v) is 8.52. The van der Waals surface area contributed by atoms with Crippen LogP contribution in [0.4, 0.5) is 17.1 Å². The van der Waals surface area contributed by atoms with Crippen LogP contribution in [-0.4, -0.2) is 22.9 Å². The zero-order valence-electron chi connectivity index (χ0n) is 13.6. The molecule has 0 radical (unpaired) electrons. The van der Waals surface area contributed by atoms with Gasteiger partial charge in [-0.05, 0) is 6.07 Å². The van der Waals surface area contributed by atoms with E-state index in [4.69, 9.17) is 16.3 Å². The fourth-order valence-corrected chi connectivity index (χ4v) is 3.91. The van der Waals surface area contributed by atoms with Crippen molar-refractivity contribution in [2.75, 3.05) is 12.4 Å². The molecule has 0 bridgehead atoms. The Morgan fingerprint density at radius 2 is 1.74 bits per heavy atom. The molecule has 138 valence electrons. The SMILES string of the molecule is COc1c([N+](=O)[O-])cc(NC(=O)c2sc3ccccc3c2Cl)cc1[N+](=O)[O-]. The second kappa shape index (κ2) is 7.17. The number of hydrogen-bond acceptors (Lipinski definition) is 7. The number of anilines is 1. The van der Waals surface area contributed by atoms with E-state index in [0.717, 1.165) is 35.3 Å². The van der Waals surface area contributed by atoms with Gasteiger partial charge in [0, 0.05) is 22.2 Å². The number of carbonyl (C=O) groups is 1. The van der Waals surface area contributed by atoms with Crippen molar-refractivity contribution < 1.29 is 19.4 Å². The van der Waals surface area contributed by atoms with Crippen LogP contribution in [0.3, 0.4) is 0 Å². The third-order valence-electron chi connectivity index (χ3n) is 3.65. The number of carbonyl (C=O) groups excluding carboxylic acids is 1. The molecule has 0 saturated carbocycles. The molecule has 1 amide bonds. The van der Waals surface area contributed by atoms with Crippen LogP contribution in [0, 0.1) is 20.2 Å². The number of methoxy groups -OCH3 is 1. The second-order valence-electron chi connectivity index (χ2n) is 5.26. The van der Waals surface area contributed by atoms with Crippen LogP contribution in [0.15, 0.2) is 36.4 Å². The van der Waals surface area contributed by atoms with Crippen LogP contribution in [0.1, 0.15) is 9.67 Å². The molecule has 0 spiro atoms. The van der Waals surface area contributed by atoms with E-state index >= 15 is 0 Å². The number of halogens is 1. The molecule has 0 aliphatic heterocycles. The van der Waals surface area contributed by atoms with Crippen LogP contribution in [-0.2, 0) is 0 Å². The van der Waals surface area contributed by atoms with Crippen molar-refractivity contribution in [2.45, 2.75) is 0 Å². The number of nitro groups is 2. The van der Waals surface area contributed by atoms with Gasteiger partial charge in [0.25, 0.3) is 11.7 Å². The molecule has 1 N–H and O–H groups in total. The van der Waals surface area contributed by atoms with Crippen LogP contribution < -0.4 is 10.1 Å². The number of benzene rings is 2. The van der Waals surface area contributed by atoms with Gasteiger partial charge in [-0.25, -0.2) is 0 Å². The fraction of sp³-hybridized carbons (Fsp3) is 0.0625. The summed E-state index contributed by atoms with van der Waals surface area (Å²) in [6, 6.07) is 9.11. The van der Waals surface area contributed by atoms with Crippen LogP contribution in [0.2, 0.25) is 5.02 Å². The van der Waals surface area contributed by atoms with Gasteiger partial charge in [-0.2, -0.15) is 0 Å². The van der Waals surface area contributed by atoms with Crippen molar-refractivity contribution >= 4 is 56.0 Å². The van der Waals surface area contributed by atoms with Gasteiger partial charge in [0.05, 0.1) is 27.7 Å². The standard InChI is InChI=1S/C16H10ClN3O6S/c1-26-14-10(19(22)23)6-8(7-11(14)20(24)25)18-16(21)15-13(17)9-4-2-3-5-12(9)27-15/h2-7H,1H3,(H,18,21). The molecule has 9 nitrogen and oxygen atoms in total. The Bertz CT molecular complexity index is 1060. The van der Waals surface area contributed by atoms with E-state index in [9.17, 15) is 25.0 Å². The lowest BCUT2D eigenvalue weighted by Crippen LogP contribution is -2.11. The monoisotopic (exact) mass is 407 g/mol. The third kappa shape index (κ3) is 3.39. The van der Waals surface area contributed by atoms with Crippen molar-refractivity contribution in [2.24, 2.45) is 0 Å². The number of nitro benzene ring substituents is 2. The molecule has 3 aromatic rings. The summed E-state index contributed by atoms with van der Waals surface area (Å²) in [5.41, 5.74) is -1.39. The number of fused-ring (bicyclic) bond motifs is 1. The quantitative estimate of drug-likeness (QED) is 0.485. The van der Waals surface area contributed by atoms with Gasteiger partial charge >= 0.3 is 11.4 Å². The topological polar surface area (TPSA) is 125 Å². The van der Waals surface area contributed by atoms with Gasteiger partial charge in [0.1, 0.15) is 4.88 Å². The van der Waals surface area contributed by atoms with E-state index in [1.165, 1.54) is 0 Å². The largest absolute Gasteiger partial charge is 0.485 e. The number of nitrogens with zero attached hydrogens (tertiary/aromatic N) is 2. The maximum Gasteiger partial charge on any atom is 0.320 e. The van der Waals surface area contributed by atoms with Gasteiger partial charge in [-0.1, -0.05) is 29.8 Å². The summed E-state index contributed by atoms with van der Waals surface area (Å²) >= 11 is 7.39. The number of nitrogens with one attached hydrogen (secondary N) is 1. The summed E-state index contributed by atoms with van der Waals surface area (Å²) in [5, 5.41) is 25.8. The van der Waals surface area contributed by atoms with Crippen molar-refractivity contribution in [3.8, 4) is 5.75 Å². The summed E-state index contributed by atoms with van der Waals surface area (Å²) < 4.78 is 5.58. The molecule has 27 heavy (non-hydrogen) atoms. The summed E-state index contributed by atoms with van der Waals surface area (Å²) in [5.74, 6) is -1.13. The second-order valence-corrected chi connectivity index (χ2v) is 6.69. The first-order valence-electron chi connectivity index (χ1n) is 7.32. The average Bonchev–Trinajstić information content (AvgIpc) is 2.98. The number of hydrogen-bond donors (Lipinski definition) is 1. The minimum Gasteiger partial charge on any atom is -0.485 e. The number of amides is 1. The Labute approximate surface area is 160 Å². The number of thiophene rings is 1. The highest BCUT2D eigenvalue weighted by atomic mass is 35.5. The minimum absolute atomic E-state index is 0.118. The summed E-state index contributed by atoms with van der Waals surface area (Å²) in [6.45, 7) is 0. The van der Waals surface area contributed by atoms with Crippen LogP contribution >= 0.6 is 22.9 Å². The highest BCUT2D eigenvalue weighted by Gasteiger charge is 2.29. The van der Waals surface area contributed by atoms with Gasteiger partial charge in [0.2, 0.25) is 0 Å². The summed E-state index contributed by atoms with van der Waals surface area (Å²) in [7, 11) is 1.09. The first kappa shape index (κ1) is 18.5. The predicted molar refractivity (Wildman–Crippen MR) is 101 cm³/mol. The maximum atomic E-state index is 12.6. The fourth-order valence-electron chi connectivity index (χ4n) is 2.50. The maximum absolute atomic E-state index is 12.6. The lowest BCUT2D eigenvalue weighted by molar-refractivity contribution is -0.395. The molecular weight excluding hydrogens is 398 g/mol. The Morgan fingerprint density at radius 1 is 1.15 bits per heavy atom. The van der Waals surface area contributed by atoms with E-state index in [0.29, 0.717) is 5.39 Å². The van der Waals surface area contributed by atoms with E-state index in [2.05, 4.69) is 5.32 Å². The highest BCUT2D eigenvalue weighted by molar-refractivity contribution is 7.21. The van der Waals surface area contributed by atoms with E-state index in [1.54, 1.807) is 24.3 Å². The molecule has 0 unspecified atom stereocenters. The number of rotatable bonds is 5. The molecule has 3 rings (SSSR count). The smallest absolute Gasteiger partial charge is 0.320 e. The van der Waals surface area contributed by atoms with Crippen LogP contribution in [0.25, 0.3) is 10.1 Å². The summed E-state index contributed by atoms with van der Waals surface area (Å²) in [6.07, 6.45) is 0. The molecule has 2 aromatic carbocycles. The van der Waals surface area contributed by atoms with Gasteiger partial charge in [-0.15, -0.1) is 11.3 Å². The zero-order chi connectivity index (χ0) is 19.7. The normalized spacial score (nSPS) is 10.6. The molecule has 1 heterocycles. The Balaban J connectivity index is 2.03. The molecule has 0 fully saturated rings. The lowest BCUT2D eigenvalue weighted by atomic mass is 10.2. The Kier molecular flexibility index (Phi) is 4.93. The van der Waals surface area contributed by atoms with E-state index in [-0.39, 0.29) is 15.6 Å². The van der Waals surface area contributed by atoms with E-state index < -0.39 is 32.9 Å². The average molecular weight is 408 g/mol. The molecular formula is C16H10ClN3O6S. The molecule has 0 saturated heterocycles. The molecule has 0 atom stereocenters. The zero-order valence-corrected chi connectivity index (χ0v) is 15.2.